The number of carbonyl (C=O) groups excluding carboxylic acids is 3. The van der Waals surface area contributed by atoms with E-state index in [4.69, 9.17) is 0 Å². The van der Waals surface area contributed by atoms with Gasteiger partial charge in [0.15, 0.2) is 0 Å². The van der Waals surface area contributed by atoms with E-state index in [0.717, 1.165) is 39.8 Å². The van der Waals surface area contributed by atoms with Crippen LogP contribution in [0.25, 0.3) is 17.0 Å². The lowest BCUT2D eigenvalue weighted by Crippen LogP contribution is -2.38. The molecule has 1 aliphatic rings. The molecule has 3 aromatic rings. The van der Waals surface area contributed by atoms with Crippen LogP contribution in [0.3, 0.4) is 0 Å². The van der Waals surface area contributed by atoms with E-state index in [1.165, 1.54) is 0 Å². The van der Waals surface area contributed by atoms with Crippen molar-refractivity contribution in [1.29, 1.82) is 0 Å². The maximum absolute atomic E-state index is 13.0. The number of amides is 4. The van der Waals surface area contributed by atoms with E-state index in [1.54, 1.807) is 12.1 Å². The fourth-order valence-electron chi connectivity index (χ4n) is 4.06. The van der Waals surface area contributed by atoms with Gasteiger partial charge in [0.25, 0.3) is 5.91 Å². The summed E-state index contributed by atoms with van der Waals surface area (Å²) in [7, 11) is 0. The lowest BCUT2D eigenvalue weighted by atomic mass is 10.1. The molecule has 1 fully saturated rings. The van der Waals surface area contributed by atoms with Crippen molar-refractivity contribution in [2.24, 2.45) is 0 Å². The van der Waals surface area contributed by atoms with Crippen LogP contribution < -0.4 is 10.6 Å². The molecular weight excluding hydrogens is 416 g/mol. The molecule has 0 saturated carbocycles. The molecule has 4 rings (SSSR count). The van der Waals surface area contributed by atoms with Gasteiger partial charge in [-0.2, -0.15) is 0 Å². The zero-order valence-electron chi connectivity index (χ0n) is 19.1. The van der Waals surface area contributed by atoms with Crippen molar-refractivity contribution >= 4 is 40.5 Å². The van der Waals surface area contributed by atoms with E-state index >= 15 is 0 Å². The first-order valence-electron chi connectivity index (χ1n) is 11.2. The summed E-state index contributed by atoms with van der Waals surface area (Å²) in [6.07, 6.45) is 5.42. The Hall–Kier alpha value is -3.87. The van der Waals surface area contributed by atoms with Crippen LogP contribution in [0.4, 0.5) is 10.5 Å². The molecule has 7 heteroatoms. The highest BCUT2D eigenvalue weighted by Crippen LogP contribution is 2.28. The minimum Gasteiger partial charge on any atom is -0.344 e. The number of carbonyl (C=O) groups is 3. The van der Waals surface area contributed by atoms with Gasteiger partial charge in [0.05, 0.1) is 0 Å². The molecule has 7 nitrogen and oxygen atoms in total. The maximum Gasteiger partial charge on any atom is 0.329 e. The predicted octanol–water partition coefficient (Wildman–Crippen LogP) is 4.71. The smallest absolute Gasteiger partial charge is 0.329 e. The Balaban J connectivity index is 1.56. The third-order valence-corrected chi connectivity index (χ3v) is 6.07. The van der Waals surface area contributed by atoms with Crippen molar-refractivity contribution in [3.05, 3.63) is 71.6 Å². The fraction of sp³-hybridized carbons (Fsp3) is 0.269. The van der Waals surface area contributed by atoms with Crippen LogP contribution in [0, 0.1) is 0 Å². The highest BCUT2D eigenvalue weighted by Gasteiger charge is 2.35. The van der Waals surface area contributed by atoms with Gasteiger partial charge in [0.2, 0.25) is 5.91 Å². The fourth-order valence-corrected chi connectivity index (χ4v) is 4.06. The highest BCUT2D eigenvalue weighted by molar-refractivity contribution is 6.16. The second kappa shape index (κ2) is 9.32. The molecule has 1 saturated heterocycles. The largest absolute Gasteiger partial charge is 0.344 e. The monoisotopic (exact) mass is 444 g/mol. The second-order valence-corrected chi connectivity index (χ2v) is 8.20. The molecule has 1 aliphatic heterocycles. The van der Waals surface area contributed by atoms with E-state index in [0.29, 0.717) is 11.7 Å². The quantitative estimate of drug-likeness (QED) is 0.409. The Labute approximate surface area is 193 Å². The number of fused-ring (bicyclic) bond motifs is 1. The van der Waals surface area contributed by atoms with Gasteiger partial charge in [0, 0.05) is 34.4 Å². The number of para-hydroxylation sites is 2. The van der Waals surface area contributed by atoms with Crippen LogP contribution >= 0.6 is 0 Å². The average molecular weight is 445 g/mol. The van der Waals surface area contributed by atoms with Crippen molar-refractivity contribution in [3.8, 4) is 0 Å². The molecule has 4 amide bonds. The molecule has 0 bridgehead atoms. The predicted molar refractivity (Wildman–Crippen MR) is 130 cm³/mol. The van der Waals surface area contributed by atoms with E-state index < -0.39 is 17.8 Å². The third kappa shape index (κ3) is 4.39. The van der Waals surface area contributed by atoms with Crippen molar-refractivity contribution in [1.82, 2.24) is 14.8 Å². The number of hydrogen-bond donors (Lipinski definition) is 2. The number of aryl methyl sites for hydroxylation is 1. The van der Waals surface area contributed by atoms with Crippen LogP contribution in [0.1, 0.15) is 44.4 Å². The van der Waals surface area contributed by atoms with Gasteiger partial charge < -0.3 is 15.2 Å². The zero-order valence-corrected chi connectivity index (χ0v) is 19.1. The molecule has 0 spiro atoms. The Morgan fingerprint density at radius 2 is 1.82 bits per heavy atom. The van der Waals surface area contributed by atoms with Crippen LogP contribution in [-0.2, 0) is 16.0 Å². The number of anilines is 1. The SMILES string of the molecule is CCc1ccccc1NC(=O)CN1C(=O)N/C(=C/c2cn([C@H](C)CC)c3ccccc23)C1=O. The summed E-state index contributed by atoms with van der Waals surface area (Å²) >= 11 is 0. The number of rotatable bonds is 7. The summed E-state index contributed by atoms with van der Waals surface area (Å²) in [5.74, 6) is -0.937. The van der Waals surface area contributed by atoms with Crippen molar-refractivity contribution in [2.75, 3.05) is 11.9 Å². The van der Waals surface area contributed by atoms with Crippen LogP contribution in [0.15, 0.2) is 60.4 Å². The van der Waals surface area contributed by atoms with E-state index in [9.17, 15) is 14.4 Å². The molecule has 0 radical (unpaired) electrons. The van der Waals surface area contributed by atoms with Gasteiger partial charge in [-0.1, -0.05) is 50.2 Å². The molecule has 1 aromatic heterocycles. The summed E-state index contributed by atoms with van der Waals surface area (Å²) in [5.41, 5.74) is 3.75. The first-order chi connectivity index (χ1) is 15.9. The minimum atomic E-state index is -0.601. The van der Waals surface area contributed by atoms with Crippen molar-refractivity contribution < 1.29 is 14.4 Å². The normalized spacial score (nSPS) is 15.8. The van der Waals surface area contributed by atoms with Gasteiger partial charge >= 0.3 is 6.03 Å². The van der Waals surface area contributed by atoms with Gasteiger partial charge in [-0.25, -0.2) is 9.69 Å². The number of urea groups is 1. The van der Waals surface area contributed by atoms with Gasteiger partial charge in [0.1, 0.15) is 12.2 Å². The van der Waals surface area contributed by atoms with E-state index in [-0.39, 0.29) is 12.2 Å². The first-order valence-corrected chi connectivity index (χ1v) is 11.2. The molecule has 0 unspecified atom stereocenters. The second-order valence-electron chi connectivity index (χ2n) is 8.20. The molecule has 2 aromatic carbocycles. The van der Waals surface area contributed by atoms with E-state index in [1.807, 2.05) is 55.6 Å². The first kappa shape index (κ1) is 22.3. The van der Waals surface area contributed by atoms with Gasteiger partial charge in [-0.05, 0) is 43.5 Å². The minimum absolute atomic E-state index is 0.161. The maximum atomic E-state index is 13.0. The summed E-state index contributed by atoms with van der Waals surface area (Å²) in [5, 5.41) is 6.42. The lowest BCUT2D eigenvalue weighted by Gasteiger charge is -2.13. The van der Waals surface area contributed by atoms with Crippen LogP contribution in [-0.4, -0.2) is 33.9 Å². The Bertz CT molecular complexity index is 1260. The van der Waals surface area contributed by atoms with Crippen LogP contribution in [0.5, 0.6) is 0 Å². The van der Waals surface area contributed by atoms with Gasteiger partial charge in [-0.15, -0.1) is 0 Å². The zero-order chi connectivity index (χ0) is 23.5. The van der Waals surface area contributed by atoms with Crippen molar-refractivity contribution in [3.63, 3.8) is 0 Å². The average Bonchev–Trinajstić information content (AvgIpc) is 3.31. The molecule has 2 N–H and O–H groups in total. The topological polar surface area (TPSA) is 83.4 Å². The summed E-state index contributed by atoms with van der Waals surface area (Å²) in [6.45, 7) is 5.91. The Morgan fingerprint density at radius 3 is 2.58 bits per heavy atom. The molecule has 170 valence electrons. The standard InChI is InChI=1S/C26H28N4O3/c1-4-17(3)29-15-19(20-11-7-9-13-23(20)29)14-22-25(32)30(26(33)28-22)16-24(31)27-21-12-8-6-10-18(21)5-2/h6-15,17H,4-5,16H2,1-3H3,(H,27,31)(H,28,33)/b22-14+/t17-/m1/s1. The third-order valence-electron chi connectivity index (χ3n) is 6.07. The number of aromatic nitrogens is 1. The van der Waals surface area contributed by atoms with E-state index in [2.05, 4.69) is 29.0 Å². The number of nitrogens with one attached hydrogen (secondary N) is 2. The number of imide groups is 1. The number of benzene rings is 2. The highest BCUT2D eigenvalue weighted by atomic mass is 16.2. The lowest BCUT2D eigenvalue weighted by molar-refractivity contribution is -0.127. The molecular formula is C26H28N4O3. The summed E-state index contributed by atoms with van der Waals surface area (Å²) in [4.78, 5) is 38.9. The Morgan fingerprint density at radius 1 is 1.09 bits per heavy atom. The number of hydrogen-bond acceptors (Lipinski definition) is 3. The molecule has 0 aliphatic carbocycles. The molecule has 2 heterocycles. The van der Waals surface area contributed by atoms with Crippen molar-refractivity contribution in [2.45, 2.75) is 39.7 Å². The summed E-state index contributed by atoms with van der Waals surface area (Å²) < 4.78 is 2.18. The Kier molecular flexibility index (Phi) is 6.31. The molecule has 1 atom stereocenters. The van der Waals surface area contributed by atoms with Crippen LogP contribution in [0.2, 0.25) is 0 Å². The van der Waals surface area contributed by atoms with Gasteiger partial charge in [-0.3, -0.25) is 9.59 Å². The molecule has 33 heavy (non-hydrogen) atoms. The number of nitrogens with zero attached hydrogens (tertiary/aromatic N) is 2. The summed E-state index contributed by atoms with van der Waals surface area (Å²) in [6, 6.07) is 15.1.